The Balaban J connectivity index is 2.53. The Bertz CT molecular complexity index is 255. The maximum Gasteiger partial charge on any atom is 0.236 e. The van der Waals surface area contributed by atoms with E-state index < -0.39 is 0 Å². The van der Waals surface area contributed by atoms with Crippen LogP contribution in [0.2, 0.25) is 0 Å². The molecule has 1 amide bonds. The van der Waals surface area contributed by atoms with Crippen molar-refractivity contribution in [3.63, 3.8) is 0 Å². The number of likely N-dealkylation sites (tertiary alicyclic amines) is 1. The van der Waals surface area contributed by atoms with E-state index >= 15 is 0 Å². The van der Waals surface area contributed by atoms with Gasteiger partial charge in [-0.25, -0.2) is 0 Å². The standard InChI is InChI=1S/C14H29N3O/c1-5-9-15-12(2)13-8-6-7-10-17(13)11-14(18)16(3)4/h12-13,15H,5-11H2,1-4H3. The first kappa shape index (κ1) is 15.4. The van der Waals surface area contributed by atoms with Crippen LogP contribution in [0.5, 0.6) is 0 Å². The van der Waals surface area contributed by atoms with Crippen LogP contribution in [-0.2, 0) is 4.79 Å². The third-order valence-corrected chi connectivity index (χ3v) is 3.79. The van der Waals surface area contributed by atoms with Gasteiger partial charge >= 0.3 is 0 Å². The van der Waals surface area contributed by atoms with Crippen molar-refractivity contribution in [3.8, 4) is 0 Å². The van der Waals surface area contributed by atoms with Crippen molar-refractivity contribution < 1.29 is 4.79 Å². The predicted octanol–water partition coefficient (Wildman–Crippen LogP) is 1.32. The second-order valence-electron chi connectivity index (χ2n) is 5.56. The SMILES string of the molecule is CCCNC(C)C1CCCCN1CC(=O)N(C)C. The van der Waals surface area contributed by atoms with E-state index in [1.54, 1.807) is 4.90 Å². The van der Waals surface area contributed by atoms with Crippen molar-refractivity contribution in [2.75, 3.05) is 33.7 Å². The van der Waals surface area contributed by atoms with Crippen LogP contribution in [0.4, 0.5) is 0 Å². The van der Waals surface area contributed by atoms with E-state index in [1.807, 2.05) is 14.1 Å². The van der Waals surface area contributed by atoms with E-state index in [4.69, 9.17) is 0 Å². The highest BCUT2D eigenvalue weighted by atomic mass is 16.2. The number of carbonyl (C=O) groups excluding carboxylic acids is 1. The molecular weight excluding hydrogens is 226 g/mol. The predicted molar refractivity (Wildman–Crippen MR) is 75.7 cm³/mol. The quantitative estimate of drug-likeness (QED) is 0.777. The fraction of sp³-hybridized carbons (Fsp3) is 0.929. The van der Waals surface area contributed by atoms with Gasteiger partial charge in [0.25, 0.3) is 0 Å². The Kier molecular flexibility index (Phi) is 6.65. The van der Waals surface area contributed by atoms with Crippen LogP contribution in [0.15, 0.2) is 0 Å². The Morgan fingerprint density at radius 3 is 2.78 bits per heavy atom. The first-order valence-electron chi connectivity index (χ1n) is 7.23. The normalized spacial score (nSPS) is 22.8. The molecule has 1 rings (SSSR count). The average Bonchev–Trinajstić information content (AvgIpc) is 2.36. The first-order chi connectivity index (χ1) is 8.56. The van der Waals surface area contributed by atoms with Gasteiger partial charge in [-0.05, 0) is 39.3 Å². The molecule has 106 valence electrons. The van der Waals surface area contributed by atoms with Crippen molar-refractivity contribution in [2.24, 2.45) is 0 Å². The maximum atomic E-state index is 11.9. The van der Waals surface area contributed by atoms with Crippen molar-refractivity contribution in [3.05, 3.63) is 0 Å². The summed E-state index contributed by atoms with van der Waals surface area (Å²) in [5, 5.41) is 3.57. The van der Waals surface area contributed by atoms with Crippen LogP contribution in [0.1, 0.15) is 39.5 Å². The molecule has 2 unspecified atom stereocenters. The number of nitrogens with one attached hydrogen (secondary N) is 1. The average molecular weight is 255 g/mol. The molecule has 0 radical (unpaired) electrons. The highest BCUT2D eigenvalue weighted by Gasteiger charge is 2.28. The number of hydrogen-bond acceptors (Lipinski definition) is 3. The summed E-state index contributed by atoms with van der Waals surface area (Å²) in [4.78, 5) is 15.9. The van der Waals surface area contributed by atoms with Crippen LogP contribution in [0, 0.1) is 0 Å². The molecule has 0 aromatic heterocycles. The number of hydrogen-bond donors (Lipinski definition) is 1. The minimum absolute atomic E-state index is 0.213. The van der Waals surface area contributed by atoms with Gasteiger partial charge in [0.05, 0.1) is 6.54 Å². The van der Waals surface area contributed by atoms with Gasteiger partial charge < -0.3 is 10.2 Å². The van der Waals surface area contributed by atoms with Crippen LogP contribution >= 0.6 is 0 Å². The van der Waals surface area contributed by atoms with Gasteiger partial charge in [0.15, 0.2) is 0 Å². The van der Waals surface area contributed by atoms with Crippen molar-refractivity contribution >= 4 is 5.91 Å². The summed E-state index contributed by atoms with van der Waals surface area (Å²) in [6, 6.07) is 0.981. The number of likely N-dealkylation sites (N-methyl/N-ethyl adjacent to an activating group) is 1. The molecule has 0 spiro atoms. The molecular formula is C14H29N3O. The van der Waals surface area contributed by atoms with Crippen LogP contribution in [0.25, 0.3) is 0 Å². The molecule has 1 N–H and O–H groups in total. The molecule has 0 saturated carbocycles. The van der Waals surface area contributed by atoms with Gasteiger partial charge in [0, 0.05) is 26.2 Å². The Labute approximate surface area is 112 Å². The molecule has 4 nitrogen and oxygen atoms in total. The number of piperidine rings is 1. The van der Waals surface area contributed by atoms with E-state index in [-0.39, 0.29) is 5.91 Å². The molecule has 18 heavy (non-hydrogen) atoms. The molecule has 0 aromatic rings. The van der Waals surface area contributed by atoms with E-state index in [0.717, 1.165) is 19.5 Å². The summed E-state index contributed by atoms with van der Waals surface area (Å²) in [7, 11) is 3.67. The van der Waals surface area contributed by atoms with E-state index in [1.165, 1.54) is 19.3 Å². The van der Waals surface area contributed by atoms with Gasteiger partial charge in [-0.3, -0.25) is 9.69 Å². The van der Waals surface area contributed by atoms with E-state index in [2.05, 4.69) is 24.1 Å². The Morgan fingerprint density at radius 2 is 2.17 bits per heavy atom. The lowest BCUT2D eigenvalue weighted by atomic mass is 9.96. The minimum Gasteiger partial charge on any atom is -0.348 e. The number of nitrogens with zero attached hydrogens (tertiary/aromatic N) is 2. The number of rotatable bonds is 6. The molecule has 0 bridgehead atoms. The Morgan fingerprint density at radius 1 is 1.44 bits per heavy atom. The van der Waals surface area contributed by atoms with Crippen molar-refractivity contribution in [1.82, 2.24) is 15.1 Å². The summed E-state index contributed by atoms with van der Waals surface area (Å²) >= 11 is 0. The summed E-state index contributed by atoms with van der Waals surface area (Å²) in [5.41, 5.74) is 0. The zero-order valence-electron chi connectivity index (χ0n) is 12.4. The molecule has 1 fully saturated rings. The van der Waals surface area contributed by atoms with Gasteiger partial charge in [-0.1, -0.05) is 13.3 Å². The molecule has 1 saturated heterocycles. The molecule has 0 aromatic carbocycles. The zero-order chi connectivity index (χ0) is 13.5. The van der Waals surface area contributed by atoms with E-state index in [9.17, 15) is 4.79 Å². The molecule has 1 aliphatic heterocycles. The highest BCUT2D eigenvalue weighted by molar-refractivity contribution is 5.77. The fourth-order valence-electron chi connectivity index (χ4n) is 2.60. The Hall–Kier alpha value is -0.610. The van der Waals surface area contributed by atoms with Crippen molar-refractivity contribution in [1.29, 1.82) is 0 Å². The maximum absolute atomic E-state index is 11.9. The summed E-state index contributed by atoms with van der Waals surface area (Å²) < 4.78 is 0. The third-order valence-electron chi connectivity index (χ3n) is 3.79. The van der Waals surface area contributed by atoms with Crippen LogP contribution < -0.4 is 5.32 Å². The van der Waals surface area contributed by atoms with Crippen LogP contribution in [0.3, 0.4) is 0 Å². The van der Waals surface area contributed by atoms with Crippen molar-refractivity contribution in [2.45, 2.75) is 51.6 Å². The molecule has 2 atom stereocenters. The van der Waals surface area contributed by atoms with E-state index in [0.29, 0.717) is 18.6 Å². The lowest BCUT2D eigenvalue weighted by Gasteiger charge is -2.39. The lowest BCUT2D eigenvalue weighted by Crippen LogP contribution is -2.53. The highest BCUT2D eigenvalue weighted by Crippen LogP contribution is 2.19. The minimum atomic E-state index is 0.213. The molecule has 4 heteroatoms. The molecule has 1 heterocycles. The van der Waals surface area contributed by atoms with Gasteiger partial charge in [-0.15, -0.1) is 0 Å². The number of carbonyl (C=O) groups is 1. The summed E-state index contributed by atoms with van der Waals surface area (Å²) in [6.45, 7) is 7.12. The monoisotopic (exact) mass is 255 g/mol. The topological polar surface area (TPSA) is 35.6 Å². The smallest absolute Gasteiger partial charge is 0.236 e. The van der Waals surface area contributed by atoms with Gasteiger partial charge in [0.2, 0.25) is 5.91 Å². The second kappa shape index (κ2) is 7.74. The fourth-order valence-corrected chi connectivity index (χ4v) is 2.60. The second-order valence-corrected chi connectivity index (χ2v) is 5.56. The van der Waals surface area contributed by atoms with Gasteiger partial charge in [-0.2, -0.15) is 0 Å². The summed E-state index contributed by atoms with van der Waals surface area (Å²) in [5.74, 6) is 0.213. The largest absolute Gasteiger partial charge is 0.348 e. The third kappa shape index (κ3) is 4.58. The molecule has 0 aliphatic carbocycles. The van der Waals surface area contributed by atoms with Crippen LogP contribution in [-0.4, -0.2) is 61.5 Å². The number of amides is 1. The zero-order valence-corrected chi connectivity index (χ0v) is 12.4. The molecule has 1 aliphatic rings. The lowest BCUT2D eigenvalue weighted by molar-refractivity contribution is -0.131. The first-order valence-corrected chi connectivity index (χ1v) is 7.23. The van der Waals surface area contributed by atoms with Gasteiger partial charge in [0.1, 0.15) is 0 Å². The summed E-state index contributed by atoms with van der Waals surface area (Å²) in [6.07, 6.45) is 4.87.